The monoisotopic (exact) mass is 276 g/mol. The molecule has 1 aromatic heterocycles. The Hall–Kier alpha value is -1.59. The number of carbonyl (C=O) groups excluding carboxylic acids is 1. The number of para-hydroxylation sites is 1. The van der Waals surface area contributed by atoms with Crippen LogP contribution in [0.25, 0.3) is 10.9 Å². The van der Waals surface area contributed by atoms with E-state index in [1.165, 1.54) is 0 Å². The average molecular weight is 276 g/mol. The molecule has 2 aromatic rings. The number of hydrogen-bond donors (Lipinski definition) is 1. The molecule has 4 nitrogen and oxygen atoms in total. The van der Waals surface area contributed by atoms with Crippen molar-refractivity contribution in [3.63, 3.8) is 0 Å². The van der Waals surface area contributed by atoms with Crippen LogP contribution in [0.4, 0.5) is 0 Å². The molecule has 0 radical (unpaired) electrons. The van der Waals surface area contributed by atoms with Crippen LogP contribution >= 0.6 is 11.8 Å². The quantitative estimate of drug-likeness (QED) is 0.848. The molecule has 2 rings (SSSR count). The van der Waals surface area contributed by atoms with Gasteiger partial charge in [0.25, 0.3) is 0 Å². The number of rotatable bonds is 5. The molecule has 0 aliphatic carbocycles. The molecule has 0 spiro atoms. The predicted octanol–water partition coefficient (Wildman–Crippen LogP) is 2.22. The second kappa shape index (κ2) is 6.54. The van der Waals surface area contributed by atoms with E-state index in [0.717, 1.165) is 16.7 Å². The van der Waals surface area contributed by atoms with E-state index in [4.69, 9.17) is 10.5 Å². The van der Waals surface area contributed by atoms with Crippen molar-refractivity contribution in [2.45, 2.75) is 12.5 Å². The number of ether oxygens (including phenoxy) is 1. The number of aromatic nitrogens is 1. The fraction of sp³-hybridized carbons (Fsp3) is 0.286. The van der Waals surface area contributed by atoms with E-state index in [9.17, 15) is 4.79 Å². The van der Waals surface area contributed by atoms with E-state index in [0.29, 0.717) is 12.3 Å². The molecule has 100 valence electrons. The van der Waals surface area contributed by atoms with Crippen molar-refractivity contribution < 1.29 is 9.53 Å². The average Bonchev–Trinajstić information content (AvgIpc) is 2.44. The maximum Gasteiger partial charge on any atom is 0.329 e. The minimum absolute atomic E-state index is 0.295. The number of thioether (sulfide) groups is 1. The van der Waals surface area contributed by atoms with Crippen LogP contribution in [-0.2, 0) is 4.79 Å². The highest BCUT2D eigenvalue weighted by Crippen LogP contribution is 2.16. The van der Waals surface area contributed by atoms with E-state index >= 15 is 0 Å². The van der Waals surface area contributed by atoms with Crippen LogP contribution < -0.4 is 10.5 Å². The van der Waals surface area contributed by atoms with E-state index in [1.54, 1.807) is 17.8 Å². The molecular formula is C14H16N2O2S. The van der Waals surface area contributed by atoms with Gasteiger partial charge in [-0.2, -0.15) is 11.8 Å². The van der Waals surface area contributed by atoms with Crippen molar-refractivity contribution in [1.29, 1.82) is 0 Å². The molecule has 1 unspecified atom stereocenters. The molecule has 0 aliphatic heterocycles. The third kappa shape index (κ3) is 3.68. The minimum Gasteiger partial charge on any atom is -0.406 e. The van der Waals surface area contributed by atoms with Gasteiger partial charge in [-0.25, -0.2) is 9.78 Å². The summed E-state index contributed by atoms with van der Waals surface area (Å²) in [6.07, 6.45) is 2.58. The molecule has 0 amide bonds. The SMILES string of the molecule is CSCCC(N)C(=O)Oc1ccc2ccccc2n1. The summed E-state index contributed by atoms with van der Waals surface area (Å²) in [5.41, 5.74) is 6.54. The molecule has 2 N–H and O–H groups in total. The molecule has 0 bridgehead atoms. The fourth-order valence-electron chi connectivity index (χ4n) is 1.65. The van der Waals surface area contributed by atoms with Gasteiger partial charge in [-0.15, -0.1) is 0 Å². The molecule has 0 fully saturated rings. The zero-order valence-corrected chi connectivity index (χ0v) is 11.5. The van der Waals surface area contributed by atoms with Gasteiger partial charge >= 0.3 is 5.97 Å². The Bertz CT molecular complexity index is 574. The van der Waals surface area contributed by atoms with Gasteiger partial charge in [-0.05, 0) is 30.6 Å². The van der Waals surface area contributed by atoms with E-state index in [2.05, 4.69) is 4.98 Å². The Balaban J connectivity index is 2.06. The predicted molar refractivity (Wildman–Crippen MR) is 78.4 cm³/mol. The van der Waals surface area contributed by atoms with Crippen molar-refractivity contribution in [2.75, 3.05) is 12.0 Å². The number of nitrogens with two attached hydrogens (primary N) is 1. The van der Waals surface area contributed by atoms with E-state index in [-0.39, 0.29) is 0 Å². The van der Waals surface area contributed by atoms with Crippen LogP contribution in [0.2, 0.25) is 0 Å². The van der Waals surface area contributed by atoms with Gasteiger partial charge < -0.3 is 10.5 Å². The smallest absolute Gasteiger partial charge is 0.329 e. The van der Waals surface area contributed by atoms with Crippen LogP contribution in [0.3, 0.4) is 0 Å². The largest absolute Gasteiger partial charge is 0.406 e. The minimum atomic E-state index is -0.597. The molecule has 0 saturated carbocycles. The maximum atomic E-state index is 11.8. The lowest BCUT2D eigenvalue weighted by Gasteiger charge is -2.10. The summed E-state index contributed by atoms with van der Waals surface area (Å²) in [4.78, 5) is 16.0. The summed E-state index contributed by atoms with van der Waals surface area (Å²) in [5, 5.41) is 1.01. The summed E-state index contributed by atoms with van der Waals surface area (Å²) in [6.45, 7) is 0. The van der Waals surface area contributed by atoms with Gasteiger partial charge in [0, 0.05) is 11.5 Å². The molecular weight excluding hydrogens is 260 g/mol. The molecule has 1 atom stereocenters. The molecule has 0 saturated heterocycles. The van der Waals surface area contributed by atoms with Crippen LogP contribution in [0.1, 0.15) is 6.42 Å². The number of carbonyl (C=O) groups is 1. The van der Waals surface area contributed by atoms with E-state index in [1.807, 2.05) is 36.6 Å². The lowest BCUT2D eigenvalue weighted by molar-refractivity contribution is -0.136. The molecule has 19 heavy (non-hydrogen) atoms. The third-order valence-electron chi connectivity index (χ3n) is 2.71. The first kappa shape index (κ1) is 13.8. The Morgan fingerprint density at radius 2 is 2.16 bits per heavy atom. The lowest BCUT2D eigenvalue weighted by atomic mass is 10.2. The zero-order valence-electron chi connectivity index (χ0n) is 10.7. The summed E-state index contributed by atoms with van der Waals surface area (Å²) in [5.74, 6) is 0.696. The van der Waals surface area contributed by atoms with Crippen LogP contribution in [-0.4, -0.2) is 29.0 Å². The summed E-state index contributed by atoms with van der Waals surface area (Å²) < 4.78 is 5.20. The fourth-order valence-corrected chi connectivity index (χ4v) is 2.14. The van der Waals surface area contributed by atoms with Gasteiger partial charge in [-0.3, -0.25) is 0 Å². The van der Waals surface area contributed by atoms with Gasteiger partial charge in [0.1, 0.15) is 6.04 Å². The molecule has 0 aliphatic rings. The van der Waals surface area contributed by atoms with Crippen LogP contribution in [0.15, 0.2) is 36.4 Å². The number of benzene rings is 1. The van der Waals surface area contributed by atoms with Crippen molar-refractivity contribution in [3.05, 3.63) is 36.4 Å². The topological polar surface area (TPSA) is 65.2 Å². The van der Waals surface area contributed by atoms with Crippen molar-refractivity contribution in [3.8, 4) is 5.88 Å². The van der Waals surface area contributed by atoms with Crippen LogP contribution in [0.5, 0.6) is 5.88 Å². The van der Waals surface area contributed by atoms with Crippen molar-refractivity contribution in [1.82, 2.24) is 4.98 Å². The number of pyridine rings is 1. The number of esters is 1. The van der Waals surface area contributed by atoms with Gasteiger partial charge in [0.2, 0.25) is 5.88 Å². The second-order valence-corrected chi connectivity index (χ2v) is 5.14. The Morgan fingerprint density at radius 1 is 1.37 bits per heavy atom. The van der Waals surface area contributed by atoms with Crippen LogP contribution in [0, 0.1) is 0 Å². The zero-order chi connectivity index (χ0) is 13.7. The highest BCUT2D eigenvalue weighted by Gasteiger charge is 2.16. The third-order valence-corrected chi connectivity index (χ3v) is 3.36. The highest BCUT2D eigenvalue weighted by atomic mass is 32.2. The maximum absolute atomic E-state index is 11.8. The van der Waals surface area contributed by atoms with E-state index < -0.39 is 12.0 Å². The normalized spacial score (nSPS) is 12.3. The first-order valence-electron chi connectivity index (χ1n) is 6.02. The summed E-state index contributed by atoms with van der Waals surface area (Å²) in [7, 11) is 0. The molecule has 5 heteroatoms. The standard InChI is InChI=1S/C14H16N2O2S/c1-19-9-8-11(15)14(17)18-13-7-6-10-4-2-3-5-12(10)16-13/h2-7,11H,8-9,15H2,1H3. The molecule has 1 aromatic carbocycles. The van der Waals surface area contributed by atoms with Crippen molar-refractivity contribution >= 4 is 28.6 Å². The number of nitrogens with zero attached hydrogens (tertiary/aromatic N) is 1. The Labute approximate surface area is 116 Å². The highest BCUT2D eigenvalue weighted by molar-refractivity contribution is 7.98. The lowest BCUT2D eigenvalue weighted by Crippen LogP contribution is -2.34. The first-order valence-corrected chi connectivity index (χ1v) is 7.42. The Morgan fingerprint density at radius 3 is 2.95 bits per heavy atom. The molecule has 1 heterocycles. The Kier molecular flexibility index (Phi) is 4.76. The summed E-state index contributed by atoms with van der Waals surface area (Å²) in [6, 6.07) is 10.6. The second-order valence-electron chi connectivity index (χ2n) is 4.15. The first-order chi connectivity index (χ1) is 9.20. The van der Waals surface area contributed by atoms with Crippen molar-refractivity contribution in [2.24, 2.45) is 5.73 Å². The summed E-state index contributed by atoms with van der Waals surface area (Å²) >= 11 is 1.65. The number of hydrogen-bond acceptors (Lipinski definition) is 5. The van der Waals surface area contributed by atoms with Gasteiger partial charge in [-0.1, -0.05) is 18.2 Å². The van der Waals surface area contributed by atoms with Gasteiger partial charge in [0.15, 0.2) is 0 Å². The number of fused-ring (bicyclic) bond motifs is 1. The van der Waals surface area contributed by atoms with Gasteiger partial charge in [0.05, 0.1) is 5.52 Å².